The molecular formula is C24H32N2O8S. The second-order valence-electron chi connectivity index (χ2n) is 8.96. The zero-order valence-corrected chi connectivity index (χ0v) is 21.1. The number of amides is 1. The summed E-state index contributed by atoms with van der Waals surface area (Å²) in [6.07, 6.45) is 0.790. The van der Waals surface area contributed by atoms with Crippen LogP contribution in [-0.4, -0.2) is 60.3 Å². The summed E-state index contributed by atoms with van der Waals surface area (Å²) in [5, 5.41) is 22.8. The van der Waals surface area contributed by atoms with Crippen molar-refractivity contribution in [3.63, 3.8) is 0 Å². The number of phenols is 1. The van der Waals surface area contributed by atoms with Crippen molar-refractivity contribution in [1.82, 2.24) is 9.62 Å². The van der Waals surface area contributed by atoms with Crippen molar-refractivity contribution < 1.29 is 32.6 Å². The molecule has 0 bridgehead atoms. The highest BCUT2D eigenvalue weighted by Crippen LogP contribution is 2.37. The van der Waals surface area contributed by atoms with E-state index in [1.807, 2.05) is 0 Å². The average Bonchev–Trinajstić information content (AvgIpc) is 2.80. The van der Waals surface area contributed by atoms with Crippen LogP contribution in [0.4, 0.5) is 0 Å². The molecule has 1 atom stereocenters. The van der Waals surface area contributed by atoms with Gasteiger partial charge in [0.15, 0.2) is 17.3 Å². The monoisotopic (exact) mass is 508 g/mol. The fourth-order valence-electron chi connectivity index (χ4n) is 4.16. The Hall–Kier alpha value is -3.05. The highest BCUT2D eigenvalue weighted by molar-refractivity contribution is 7.89. The first-order valence-corrected chi connectivity index (χ1v) is 12.9. The molecule has 1 amide bonds. The lowest BCUT2D eigenvalue weighted by molar-refractivity contribution is -0.122. The standard InChI is InChI=1S/C24H32N2O8S/c1-14(2)35(31,32)26-9-7-17(8-10-26)25-22(29)13-18(16-5-6-19(27)21(12-16)33-4)24-23(30)20(28)11-15(3)34-24/h5-6,11-12,14,17-18,27,30H,7-10,13H2,1-4H3,(H,25,29). The number of carbonyl (C=O) groups is 1. The number of hydrogen-bond acceptors (Lipinski definition) is 8. The molecule has 10 nitrogen and oxygen atoms in total. The van der Waals surface area contributed by atoms with Gasteiger partial charge in [-0.25, -0.2) is 12.7 Å². The van der Waals surface area contributed by atoms with Gasteiger partial charge in [0, 0.05) is 31.6 Å². The van der Waals surface area contributed by atoms with Gasteiger partial charge in [-0.15, -0.1) is 0 Å². The van der Waals surface area contributed by atoms with E-state index in [0.29, 0.717) is 31.5 Å². The minimum atomic E-state index is -3.35. The smallest absolute Gasteiger partial charge is 0.227 e. The predicted molar refractivity (Wildman–Crippen MR) is 129 cm³/mol. The van der Waals surface area contributed by atoms with Gasteiger partial charge in [0.25, 0.3) is 0 Å². The molecule has 1 aromatic carbocycles. The molecule has 1 fully saturated rings. The normalized spacial score (nSPS) is 16.3. The third-order valence-electron chi connectivity index (χ3n) is 6.16. The van der Waals surface area contributed by atoms with Crippen LogP contribution in [0.1, 0.15) is 56.1 Å². The molecule has 3 rings (SSSR count). The lowest BCUT2D eigenvalue weighted by atomic mass is 9.91. The highest BCUT2D eigenvalue weighted by Gasteiger charge is 2.32. The van der Waals surface area contributed by atoms with Gasteiger partial charge in [0.05, 0.1) is 18.3 Å². The first-order chi connectivity index (χ1) is 16.4. The minimum absolute atomic E-state index is 0.0595. The van der Waals surface area contributed by atoms with Gasteiger partial charge in [-0.05, 0) is 51.3 Å². The third-order valence-corrected chi connectivity index (χ3v) is 8.44. The molecule has 1 unspecified atom stereocenters. The Bertz CT molecular complexity index is 1230. The number of aryl methyl sites for hydroxylation is 1. The lowest BCUT2D eigenvalue weighted by Crippen LogP contribution is -2.48. The Morgan fingerprint density at radius 3 is 2.49 bits per heavy atom. The van der Waals surface area contributed by atoms with E-state index in [9.17, 15) is 28.2 Å². The van der Waals surface area contributed by atoms with Crippen molar-refractivity contribution in [1.29, 1.82) is 0 Å². The number of nitrogens with one attached hydrogen (secondary N) is 1. The molecule has 1 aromatic heterocycles. The number of nitrogens with zero attached hydrogens (tertiary/aromatic N) is 1. The molecule has 0 aliphatic carbocycles. The van der Waals surface area contributed by atoms with E-state index in [-0.39, 0.29) is 41.4 Å². The molecule has 11 heteroatoms. The summed E-state index contributed by atoms with van der Waals surface area (Å²) >= 11 is 0. The number of piperidine rings is 1. The summed E-state index contributed by atoms with van der Waals surface area (Å²) in [7, 11) is -1.96. The van der Waals surface area contributed by atoms with E-state index in [4.69, 9.17) is 9.15 Å². The molecule has 1 aliphatic rings. The van der Waals surface area contributed by atoms with E-state index in [0.717, 1.165) is 6.07 Å². The topological polar surface area (TPSA) is 146 Å². The fourth-order valence-corrected chi connectivity index (χ4v) is 5.48. The van der Waals surface area contributed by atoms with Gasteiger partial charge in [0.2, 0.25) is 27.1 Å². The number of phenolic OH excluding ortho intramolecular Hbond substituents is 1. The van der Waals surface area contributed by atoms with E-state index in [2.05, 4.69) is 5.32 Å². The summed E-state index contributed by atoms with van der Waals surface area (Å²) in [4.78, 5) is 25.2. The molecule has 2 aromatic rings. The van der Waals surface area contributed by atoms with Gasteiger partial charge >= 0.3 is 0 Å². The maximum Gasteiger partial charge on any atom is 0.227 e. The largest absolute Gasteiger partial charge is 0.504 e. The third kappa shape index (κ3) is 5.96. The maximum absolute atomic E-state index is 13.0. The molecule has 192 valence electrons. The van der Waals surface area contributed by atoms with Crippen molar-refractivity contribution in [3.05, 3.63) is 51.6 Å². The van der Waals surface area contributed by atoms with Crippen molar-refractivity contribution in [2.75, 3.05) is 20.2 Å². The van der Waals surface area contributed by atoms with Gasteiger partial charge in [-0.2, -0.15) is 0 Å². The second kappa shape index (κ2) is 10.7. The Kier molecular flexibility index (Phi) is 8.11. The molecule has 0 spiro atoms. The number of sulfonamides is 1. The molecule has 2 heterocycles. The van der Waals surface area contributed by atoms with E-state index >= 15 is 0 Å². The molecule has 35 heavy (non-hydrogen) atoms. The lowest BCUT2D eigenvalue weighted by Gasteiger charge is -2.33. The summed E-state index contributed by atoms with van der Waals surface area (Å²) in [5.41, 5.74) is -0.129. The van der Waals surface area contributed by atoms with E-state index < -0.39 is 32.4 Å². The Balaban J connectivity index is 1.81. The Morgan fingerprint density at radius 2 is 1.89 bits per heavy atom. The highest BCUT2D eigenvalue weighted by atomic mass is 32.2. The van der Waals surface area contributed by atoms with E-state index in [1.54, 1.807) is 26.8 Å². The zero-order valence-electron chi connectivity index (χ0n) is 20.3. The van der Waals surface area contributed by atoms with Crippen LogP contribution in [0, 0.1) is 6.92 Å². The van der Waals surface area contributed by atoms with Crippen molar-refractivity contribution in [3.8, 4) is 17.2 Å². The molecule has 0 radical (unpaired) electrons. The Labute approximate surface area is 204 Å². The SMILES string of the molecule is COc1cc(C(CC(=O)NC2CCN(S(=O)(=O)C(C)C)CC2)c2oc(C)cc(=O)c2O)ccc1O. The number of rotatable bonds is 8. The first-order valence-electron chi connectivity index (χ1n) is 11.4. The average molecular weight is 509 g/mol. The van der Waals surface area contributed by atoms with Gasteiger partial charge in [-0.3, -0.25) is 9.59 Å². The summed E-state index contributed by atoms with van der Waals surface area (Å²) in [6.45, 7) is 5.48. The van der Waals surface area contributed by atoms with Crippen molar-refractivity contribution >= 4 is 15.9 Å². The first kappa shape index (κ1) is 26.6. The molecular weight excluding hydrogens is 476 g/mol. The predicted octanol–water partition coefficient (Wildman–Crippen LogP) is 2.21. The number of benzene rings is 1. The molecule has 0 saturated carbocycles. The van der Waals surface area contributed by atoms with Gasteiger partial charge in [0.1, 0.15) is 5.76 Å². The minimum Gasteiger partial charge on any atom is -0.504 e. The van der Waals surface area contributed by atoms with Crippen LogP contribution in [0.2, 0.25) is 0 Å². The van der Waals surface area contributed by atoms with Gasteiger partial charge < -0.3 is 24.7 Å². The van der Waals surface area contributed by atoms with Crippen LogP contribution in [0.5, 0.6) is 17.2 Å². The molecule has 3 N–H and O–H groups in total. The number of hydrogen-bond donors (Lipinski definition) is 3. The number of ether oxygens (including phenoxy) is 1. The fraction of sp³-hybridized carbons (Fsp3) is 0.500. The van der Waals surface area contributed by atoms with Crippen LogP contribution in [0.15, 0.2) is 33.5 Å². The number of methoxy groups -OCH3 is 1. The molecule has 1 aliphatic heterocycles. The zero-order chi connectivity index (χ0) is 25.9. The second-order valence-corrected chi connectivity index (χ2v) is 11.4. The van der Waals surface area contributed by atoms with Crippen LogP contribution in [0.3, 0.4) is 0 Å². The summed E-state index contributed by atoms with van der Waals surface area (Å²) in [6, 6.07) is 5.42. The van der Waals surface area contributed by atoms with Crippen LogP contribution in [-0.2, 0) is 14.8 Å². The van der Waals surface area contributed by atoms with E-state index in [1.165, 1.54) is 23.5 Å². The van der Waals surface area contributed by atoms with Crippen molar-refractivity contribution in [2.45, 2.75) is 57.2 Å². The Morgan fingerprint density at radius 1 is 1.23 bits per heavy atom. The van der Waals surface area contributed by atoms with Gasteiger partial charge in [-0.1, -0.05) is 6.07 Å². The number of carbonyl (C=O) groups excluding carboxylic acids is 1. The maximum atomic E-state index is 13.0. The van der Waals surface area contributed by atoms with Crippen LogP contribution < -0.4 is 15.5 Å². The summed E-state index contributed by atoms with van der Waals surface area (Å²) in [5.74, 6) is -1.49. The van der Waals surface area contributed by atoms with Crippen LogP contribution in [0.25, 0.3) is 0 Å². The summed E-state index contributed by atoms with van der Waals surface area (Å²) < 4.78 is 37.1. The van der Waals surface area contributed by atoms with Crippen LogP contribution >= 0.6 is 0 Å². The molecule has 1 saturated heterocycles. The van der Waals surface area contributed by atoms with Crippen molar-refractivity contribution in [2.24, 2.45) is 0 Å². The quantitative estimate of drug-likeness (QED) is 0.492. The number of aromatic hydroxyl groups is 2.